The van der Waals surface area contributed by atoms with E-state index in [2.05, 4.69) is 20.7 Å². The van der Waals surface area contributed by atoms with Crippen molar-refractivity contribution < 1.29 is 9.18 Å². The van der Waals surface area contributed by atoms with Crippen molar-refractivity contribution in [2.45, 2.75) is 45.2 Å². The lowest BCUT2D eigenvalue weighted by molar-refractivity contribution is 0.243. The van der Waals surface area contributed by atoms with Crippen LogP contribution < -0.4 is 10.6 Å². The van der Waals surface area contributed by atoms with E-state index in [1.165, 1.54) is 12.4 Å². The molecule has 3 rings (SSSR count). The fourth-order valence-electron chi connectivity index (χ4n) is 2.78. The van der Waals surface area contributed by atoms with Gasteiger partial charge in [-0.1, -0.05) is 19.9 Å². The smallest absolute Gasteiger partial charge is 0.319 e. The first-order valence-electron chi connectivity index (χ1n) is 7.76. The van der Waals surface area contributed by atoms with Crippen LogP contribution in [0.2, 0.25) is 0 Å². The number of hydrogen-bond donors (Lipinski definition) is 2. The lowest BCUT2D eigenvalue weighted by Gasteiger charge is -2.23. The summed E-state index contributed by atoms with van der Waals surface area (Å²) < 4.78 is 15.7. The summed E-state index contributed by atoms with van der Waals surface area (Å²) in [6.45, 7) is 4.46. The maximum atomic E-state index is 13.9. The summed E-state index contributed by atoms with van der Waals surface area (Å²) in [5.41, 5.74) is 1.09. The van der Waals surface area contributed by atoms with Crippen molar-refractivity contribution in [3.63, 3.8) is 0 Å². The van der Waals surface area contributed by atoms with Gasteiger partial charge in [0.25, 0.3) is 0 Å². The van der Waals surface area contributed by atoms with Gasteiger partial charge in [-0.05, 0) is 30.0 Å². The number of carbonyl (C=O) groups is 1. The van der Waals surface area contributed by atoms with Crippen LogP contribution in [0.4, 0.5) is 14.9 Å². The zero-order valence-electron chi connectivity index (χ0n) is 13.2. The van der Waals surface area contributed by atoms with Crippen molar-refractivity contribution in [1.82, 2.24) is 20.1 Å². The molecule has 1 aliphatic rings. The SMILES string of the molecule is CC(C)c1ccc(NC(=O)NC2CCc3ncnn3C2)cc1F. The van der Waals surface area contributed by atoms with Crippen LogP contribution in [0.15, 0.2) is 24.5 Å². The van der Waals surface area contributed by atoms with Crippen LogP contribution in [0.3, 0.4) is 0 Å². The van der Waals surface area contributed by atoms with Crippen molar-refractivity contribution in [2.75, 3.05) is 5.32 Å². The standard InChI is InChI=1S/C16H20FN5O/c1-10(2)13-5-3-11(7-14(13)17)20-16(23)21-12-4-6-15-18-9-19-22(15)8-12/h3,5,7,9-10,12H,4,6,8H2,1-2H3,(H2,20,21,23). The minimum Gasteiger partial charge on any atom is -0.333 e. The van der Waals surface area contributed by atoms with Gasteiger partial charge in [0.1, 0.15) is 18.0 Å². The first-order chi connectivity index (χ1) is 11.0. The number of aromatic nitrogens is 3. The summed E-state index contributed by atoms with van der Waals surface area (Å²) in [6, 6.07) is 4.43. The summed E-state index contributed by atoms with van der Waals surface area (Å²) in [5.74, 6) is 0.745. The van der Waals surface area contributed by atoms with Crippen LogP contribution in [0, 0.1) is 5.82 Å². The van der Waals surface area contributed by atoms with Gasteiger partial charge < -0.3 is 10.6 Å². The molecule has 23 heavy (non-hydrogen) atoms. The summed E-state index contributed by atoms with van der Waals surface area (Å²) in [4.78, 5) is 16.2. The molecule has 0 bridgehead atoms. The monoisotopic (exact) mass is 317 g/mol. The van der Waals surface area contributed by atoms with E-state index in [1.807, 2.05) is 13.8 Å². The van der Waals surface area contributed by atoms with Crippen LogP contribution in [-0.2, 0) is 13.0 Å². The van der Waals surface area contributed by atoms with Gasteiger partial charge in [0.15, 0.2) is 0 Å². The third-order valence-electron chi connectivity index (χ3n) is 4.02. The zero-order valence-corrected chi connectivity index (χ0v) is 13.2. The van der Waals surface area contributed by atoms with Gasteiger partial charge in [0.05, 0.1) is 12.6 Å². The number of anilines is 1. The number of carbonyl (C=O) groups excluding carboxylic acids is 1. The molecule has 1 aliphatic heterocycles. The fraction of sp³-hybridized carbons (Fsp3) is 0.438. The highest BCUT2D eigenvalue weighted by atomic mass is 19.1. The lowest BCUT2D eigenvalue weighted by atomic mass is 10.0. The van der Waals surface area contributed by atoms with E-state index in [0.717, 1.165) is 18.7 Å². The Bertz CT molecular complexity index is 712. The highest BCUT2D eigenvalue weighted by Crippen LogP contribution is 2.21. The summed E-state index contributed by atoms with van der Waals surface area (Å²) >= 11 is 0. The average Bonchev–Trinajstić information content (AvgIpc) is 2.94. The minimum atomic E-state index is -0.338. The number of aryl methyl sites for hydroxylation is 1. The molecule has 1 aromatic heterocycles. The molecule has 2 N–H and O–H groups in total. The molecule has 122 valence electrons. The van der Waals surface area contributed by atoms with E-state index in [9.17, 15) is 9.18 Å². The van der Waals surface area contributed by atoms with E-state index >= 15 is 0 Å². The number of nitrogens with one attached hydrogen (secondary N) is 2. The number of urea groups is 1. The Morgan fingerprint density at radius 1 is 1.43 bits per heavy atom. The maximum Gasteiger partial charge on any atom is 0.319 e. The fourth-order valence-corrected chi connectivity index (χ4v) is 2.78. The van der Waals surface area contributed by atoms with E-state index in [0.29, 0.717) is 17.8 Å². The number of amides is 2. The predicted molar refractivity (Wildman–Crippen MR) is 84.8 cm³/mol. The molecule has 7 heteroatoms. The summed E-state index contributed by atoms with van der Waals surface area (Å²) in [6.07, 6.45) is 3.12. The third-order valence-corrected chi connectivity index (χ3v) is 4.02. The van der Waals surface area contributed by atoms with Crippen molar-refractivity contribution >= 4 is 11.7 Å². The Morgan fingerprint density at radius 3 is 3.00 bits per heavy atom. The Kier molecular flexibility index (Phi) is 4.27. The van der Waals surface area contributed by atoms with Crippen molar-refractivity contribution in [1.29, 1.82) is 0 Å². The van der Waals surface area contributed by atoms with Crippen LogP contribution >= 0.6 is 0 Å². The van der Waals surface area contributed by atoms with Gasteiger partial charge in [-0.25, -0.2) is 18.9 Å². The number of nitrogens with zero attached hydrogens (tertiary/aromatic N) is 3. The van der Waals surface area contributed by atoms with Crippen LogP contribution in [0.5, 0.6) is 0 Å². The molecule has 1 atom stereocenters. The quantitative estimate of drug-likeness (QED) is 0.914. The maximum absolute atomic E-state index is 13.9. The molecule has 0 fully saturated rings. The van der Waals surface area contributed by atoms with E-state index in [4.69, 9.17) is 0 Å². The molecule has 2 heterocycles. The second kappa shape index (κ2) is 6.36. The van der Waals surface area contributed by atoms with Crippen molar-refractivity contribution in [2.24, 2.45) is 0 Å². The highest BCUT2D eigenvalue weighted by Gasteiger charge is 2.21. The van der Waals surface area contributed by atoms with Gasteiger partial charge in [-0.15, -0.1) is 0 Å². The van der Waals surface area contributed by atoms with Gasteiger partial charge in [0.2, 0.25) is 0 Å². The second-order valence-electron chi connectivity index (χ2n) is 6.08. The molecule has 0 aliphatic carbocycles. The van der Waals surface area contributed by atoms with Crippen molar-refractivity contribution in [3.8, 4) is 0 Å². The molecule has 6 nitrogen and oxygen atoms in total. The topological polar surface area (TPSA) is 71.8 Å². The highest BCUT2D eigenvalue weighted by molar-refractivity contribution is 5.89. The minimum absolute atomic E-state index is 0.0102. The van der Waals surface area contributed by atoms with Gasteiger partial charge in [-0.3, -0.25) is 0 Å². The van der Waals surface area contributed by atoms with Gasteiger partial charge in [0, 0.05) is 12.1 Å². The first kappa shape index (κ1) is 15.5. The molecule has 1 unspecified atom stereocenters. The zero-order chi connectivity index (χ0) is 16.4. The molecule has 2 amide bonds. The van der Waals surface area contributed by atoms with E-state index in [-0.39, 0.29) is 23.8 Å². The Balaban J connectivity index is 1.59. The summed E-state index contributed by atoms with van der Waals surface area (Å²) in [5, 5.41) is 9.69. The van der Waals surface area contributed by atoms with Crippen LogP contribution in [0.25, 0.3) is 0 Å². The number of fused-ring (bicyclic) bond motifs is 1. The number of hydrogen-bond acceptors (Lipinski definition) is 3. The number of rotatable bonds is 3. The Hall–Kier alpha value is -2.44. The third kappa shape index (κ3) is 3.49. The molecule has 0 spiro atoms. The average molecular weight is 317 g/mol. The van der Waals surface area contributed by atoms with E-state index in [1.54, 1.807) is 16.8 Å². The molecular weight excluding hydrogens is 297 g/mol. The van der Waals surface area contributed by atoms with Gasteiger partial charge >= 0.3 is 6.03 Å². The summed E-state index contributed by atoms with van der Waals surface area (Å²) in [7, 11) is 0. The first-order valence-corrected chi connectivity index (χ1v) is 7.76. The number of benzene rings is 1. The van der Waals surface area contributed by atoms with Gasteiger partial charge in [-0.2, -0.15) is 5.10 Å². The molecule has 1 aromatic carbocycles. The number of halogens is 1. The second-order valence-corrected chi connectivity index (χ2v) is 6.08. The normalized spacial score (nSPS) is 17.0. The molecule has 0 saturated carbocycles. The largest absolute Gasteiger partial charge is 0.333 e. The van der Waals surface area contributed by atoms with Crippen LogP contribution in [0.1, 0.15) is 37.6 Å². The Morgan fingerprint density at radius 2 is 2.26 bits per heavy atom. The molecule has 2 aromatic rings. The molecule has 0 radical (unpaired) electrons. The Labute approximate surface area is 134 Å². The lowest BCUT2D eigenvalue weighted by Crippen LogP contribution is -2.43. The molecular formula is C16H20FN5O. The van der Waals surface area contributed by atoms with Crippen molar-refractivity contribution in [3.05, 3.63) is 41.7 Å². The predicted octanol–water partition coefficient (Wildman–Crippen LogP) is 2.68. The van der Waals surface area contributed by atoms with Crippen LogP contribution in [-0.4, -0.2) is 26.8 Å². The molecule has 0 saturated heterocycles. The van der Waals surface area contributed by atoms with E-state index < -0.39 is 0 Å².